The summed E-state index contributed by atoms with van der Waals surface area (Å²) in [5.74, 6) is -0.374. The Kier molecular flexibility index (Phi) is 7.60. The van der Waals surface area contributed by atoms with Crippen molar-refractivity contribution in [2.24, 2.45) is 5.92 Å². The van der Waals surface area contributed by atoms with Crippen molar-refractivity contribution in [2.45, 2.75) is 19.8 Å². The first kappa shape index (κ1) is 21.3. The third-order valence-electron chi connectivity index (χ3n) is 5.36. The van der Waals surface area contributed by atoms with E-state index in [1.54, 1.807) is 29.2 Å². The molecular weight excluding hydrogens is 372 g/mol. The lowest BCUT2D eigenvalue weighted by Gasteiger charge is -2.32. The Balaban J connectivity index is 1.48. The first-order valence-corrected chi connectivity index (χ1v) is 10.3. The van der Waals surface area contributed by atoms with Crippen molar-refractivity contribution < 1.29 is 19.1 Å². The van der Waals surface area contributed by atoms with E-state index in [1.807, 2.05) is 0 Å². The molecule has 8 nitrogen and oxygen atoms in total. The van der Waals surface area contributed by atoms with Crippen molar-refractivity contribution in [1.29, 1.82) is 0 Å². The molecule has 29 heavy (non-hydrogen) atoms. The molecule has 2 heterocycles. The van der Waals surface area contributed by atoms with Gasteiger partial charge < -0.3 is 20.3 Å². The van der Waals surface area contributed by atoms with E-state index >= 15 is 0 Å². The lowest BCUT2D eigenvalue weighted by atomic mass is 9.96. The summed E-state index contributed by atoms with van der Waals surface area (Å²) in [6.07, 6.45) is 1.62. The molecule has 2 saturated heterocycles. The van der Waals surface area contributed by atoms with E-state index in [-0.39, 0.29) is 23.6 Å². The van der Waals surface area contributed by atoms with Gasteiger partial charge in [0, 0.05) is 57.4 Å². The smallest absolute Gasteiger partial charge is 0.253 e. The topological polar surface area (TPSA) is 91.0 Å². The Morgan fingerprint density at radius 1 is 1.10 bits per heavy atom. The van der Waals surface area contributed by atoms with Crippen molar-refractivity contribution in [3.63, 3.8) is 0 Å². The Morgan fingerprint density at radius 3 is 2.52 bits per heavy atom. The summed E-state index contributed by atoms with van der Waals surface area (Å²) in [7, 11) is 0. The number of morpholine rings is 1. The highest BCUT2D eigenvalue weighted by atomic mass is 16.5. The van der Waals surface area contributed by atoms with Crippen LogP contribution in [0.2, 0.25) is 0 Å². The first-order valence-electron chi connectivity index (χ1n) is 10.3. The van der Waals surface area contributed by atoms with Gasteiger partial charge >= 0.3 is 0 Å². The number of benzene rings is 1. The Hall–Kier alpha value is -2.45. The van der Waals surface area contributed by atoms with Crippen molar-refractivity contribution in [3.8, 4) is 0 Å². The van der Waals surface area contributed by atoms with E-state index in [0.717, 1.165) is 45.7 Å². The molecule has 1 atom stereocenters. The largest absolute Gasteiger partial charge is 0.379 e. The number of amides is 3. The SMILES string of the molecule is CC(=O)Nc1ccc(C(=O)N2CCCC(C(=O)NCCN3CCOCC3)C2)cc1. The predicted molar refractivity (Wildman–Crippen MR) is 110 cm³/mol. The summed E-state index contributed by atoms with van der Waals surface area (Å²) < 4.78 is 5.33. The molecule has 1 aromatic rings. The van der Waals surface area contributed by atoms with Crippen LogP contribution < -0.4 is 10.6 Å². The van der Waals surface area contributed by atoms with Crippen molar-refractivity contribution in [1.82, 2.24) is 15.1 Å². The van der Waals surface area contributed by atoms with Crippen LogP contribution in [-0.4, -0.2) is 80.0 Å². The average Bonchev–Trinajstić information content (AvgIpc) is 2.74. The summed E-state index contributed by atoms with van der Waals surface area (Å²) in [5.41, 5.74) is 1.22. The van der Waals surface area contributed by atoms with Crippen LogP contribution in [0.1, 0.15) is 30.1 Å². The predicted octanol–water partition coefficient (Wildman–Crippen LogP) is 0.946. The second-order valence-electron chi connectivity index (χ2n) is 7.59. The monoisotopic (exact) mass is 402 g/mol. The van der Waals surface area contributed by atoms with Gasteiger partial charge in [-0.05, 0) is 37.1 Å². The minimum atomic E-state index is -0.170. The average molecular weight is 402 g/mol. The molecule has 0 bridgehead atoms. The Morgan fingerprint density at radius 2 is 1.83 bits per heavy atom. The zero-order chi connectivity index (χ0) is 20.6. The van der Waals surface area contributed by atoms with Crippen LogP contribution >= 0.6 is 0 Å². The number of piperidine rings is 1. The number of hydrogen-bond acceptors (Lipinski definition) is 5. The molecule has 0 aliphatic carbocycles. The van der Waals surface area contributed by atoms with Gasteiger partial charge in [0.15, 0.2) is 0 Å². The minimum Gasteiger partial charge on any atom is -0.379 e. The molecule has 2 aliphatic heterocycles. The normalized spacial score (nSPS) is 20.2. The third-order valence-corrected chi connectivity index (χ3v) is 5.36. The van der Waals surface area contributed by atoms with Gasteiger partial charge in [-0.3, -0.25) is 19.3 Å². The lowest BCUT2D eigenvalue weighted by Crippen LogP contribution is -2.47. The zero-order valence-corrected chi connectivity index (χ0v) is 17.0. The highest BCUT2D eigenvalue weighted by Crippen LogP contribution is 2.20. The Bertz CT molecular complexity index is 716. The van der Waals surface area contributed by atoms with Crippen molar-refractivity contribution >= 4 is 23.4 Å². The second kappa shape index (κ2) is 10.4. The number of carbonyl (C=O) groups excluding carboxylic acids is 3. The second-order valence-corrected chi connectivity index (χ2v) is 7.59. The molecule has 1 unspecified atom stereocenters. The highest BCUT2D eigenvalue weighted by Gasteiger charge is 2.28. The molecule has 2 aliphatic rings. The molecule has 3 amide bonds. The van der Waals surface area contributed by atoms with Gasteiger partial charge in [-0.1, -0.05) is 0 Å². The maximum absolute atomic E-state index is 12.8. The molecule has 8 heteroatoms. The standard InChI is InChI=1S/C21H30N4O4/c1-16(26)23-19-6-4-17(5-7-19)21(28)25-9-2-3-18(15-25)20(27)22-8-10-24-11-13-29-14-12-24/h4-7,18H,2-3,8-15H2,1H3,(H,22,27)(H,23,26). The summed E-state index contributed by atoms with van der Waals surface area (Å²) in [6.45, 7) is 7.29. The van der Waals surface area contributed by atoms with Gasteiger partial charge in [0.2, 0.25) is 11.8 Å². The number of rotatable bonds is 6. The number of ether oxygens (including phenoxy) is 1. The molecule has 0 saturated carbocycles. The lowest BCUT2D eigenvalue weighted by molar-refractivity contribution is -0.126. The van der Waals surface area contributed by atoms with E-state index in [0.29, 0.717) is 30.9 Å². The van der Waals surface area contributed by atoms with Gasteiger partial charge in [-0.25, -0.2) is 0 Å². The molecule has 158 valence electrons. The van der Waals surface area contributed by atoms with Gasteiger partial charge in [0.05, 0.1) is 19.1 Å². The molecule has 0 radical (unpaired) electrons. The van der Waals surface area contributed by atoms with E-state index in [1.165, 1.54) is 6.92 Å². The fourth-order valence-electron chi connectivity index (χ4n) is 3.76. The fraction of sp³-hybridized carbons (Fsp3) is 0.571. The number of likely N-dealkylation sites (tertiary alicyclic amines) is 1. The molecule has 0 aromatic heterocycles. The van der Waals surface area contributed by atoms with E-state index in [9.17, 15) is 14.4 Å². The van der Waals surface area contributed by atoms with Gasteiger partial charge in [-0.2, -0.15) is 0 Å². The summed E-state index contributed by atoms with van der Waals surface area (Å²) in [6, 6.07) is 6.85. The summed E-state index contributed by atoms with van der Waals surface area (Å²) in [4.78, 5) is 40.5. The van der Waals surface area contributed by atoms with Crippen molar-refractivity contribution in [3.05, 3.63) is 29.8 Å². The van der Waals surface area contributed by atoms with Crippen LogP contribution in [0.15, 0.2) is 24.3 Å². The third kappa shape index (κ3) is 6.27. The molecule has 2 fully saturated rings. The number of nitrogens with zero attached hydrogens (tertiary/aromatic N) is 2. The first-order chi connectivity index (χ1) is 14.0. The maximum atomic E-state index is 12.8. The van der Waals surface area contributed by atoms with Crippen molar-refractivity contribution in [2.75, 3.05) is 57.8 Å². The van der Waals surface area contributed by atoms with Crippen LogP contribution in [0.25, 0.3) is 0 Å². The van der Waals surface area contributed by atoms with Gasteiger partial charge in [0.25, 0.3) is 5.91 Å². The molecule has 2 N–H and O–H groups in total. The van der Waals surface area contributed by atoms with E-state index in [4.69, 9.17) is 4.74 Å². The maximum Gasteiger partial charge on any atom is 0.253 e. The minimum absolute atomic E-state index is 0.0248. The number of hydrogen-bond donors (Lipinski definition) is 2. The van der Waals surface area contributed by atoms with E-state index in [2.05, 4.69) is 15.5 Å². The number of carbonyl (C=O) groups is 3. The zero-order valence-electron chi connectivity index (χ0n) is 17.0. The Labute approximate surface area is 171 Å². The molecule has 0 spiro atoms. The molecular formula is C21H30N4O4. The van der Waals surface area contributed by atoms with Crippen LogP contribution in [-0.2, 0) is 14.3 Å². The van der Waals surface area contributed by atoms with Crippen LogP contribution in [0.5, 0.6) is 0 Å². The van der Waals surface area contributed by atoms with E-state index < -0.39 is 0 Å². The number of anilines is 1. The van der Waals surface area contributed by atoms with Gasteiger partial charge in [0.1, 0.15) is 0 Å². The van der Waals surface area contributed by atoms with Crippen LogP contribution in [0, 0.1) is 5.92 Å². The van der Waals surface area contributed by atoms with Crippen LogP contribution in [0.4, 0.5) is 5.69 Å². The summed E-state index contributed by atoms with van der Waals surface area (Å²) >= 11 is 0. The fourth-order valence-corrected chi connectivity index (χ4v) is 3.76. The van der Waals surface area contributed by atoms with Gasteiger partial charge in [-0.15, -0.1) is 0 Å². The van der Waals surface area contributed by atoms with Crippen LogP contribution in [0.3, 0.4) is 0 Å². The quantitative estimate of drug-likeness (QED) is 0.739. The molecule has 3 rings (SSSR count). The summed E-state index contributed by atoms with van der Waals surface area (Å²) in [5, 5.41) is 5.71. The number of nitrogens with one attached hydrogen (secondary N) is 2. The highest BCUT2D eigenvalue weighted by molar-refractivity contribution is 5.96. The molecule has 1 aromatic carbocycles.